The van der Waals surface area contributed by atoms with Crippen LogP contribution in [0.25, 0.3) is 0 Å². The summed E-state index contributed by atoms with van der Waals surface area (Å²) < 4.78 is 0. The lowest BCUT2D eigenvalue weighted by molar-refractivity contribution is 0.874. The van der Waals surface area contributed by atoms with Crippen LogP contribution >= 0.6 is 0 Å². The number of likely N-dealkylation sites (N-methyl/N-ethyl adjacent to an activating group) is 1. The molecule has 0 aromatic heterocycles. The lowest BCUT2D eigenvalue weighted by Gasteiger charge is -2.20. The molecule has 2 rings (SSSR count). The fourth-order valence-electron chi connectivity index (χ4n) is 2.29. The van der Waals surface area contributed by atoms with Crippen LogP contribution in [0.4, 0.5) is 5.69 Å². The second kappa shape index (κ2) is 7.11. The Bertz CT molecular complexity index is 531. The normalized spacial score (nSPS) is 10.6. The zero-order valence-electron chi connectivity index (χ0n) is 12.5. The summed E-state index contributed by atoms with van der Waals surface area (Å²) in [4.78, 5) is 2.28. The third-order valence-electron chi connectivity index (χ3n) is 3.75. The quantitative estimate of drug-likeness (QED) is 0.870. The fourth-order valence-corrected chi connectivity index (χ4v) is 2.29. The van der Waals surface area contributed by atoms with Gasteiger partial charge in [0.25, 0.3) is 0 Å². The first-order chi connectivity index (χ1) is 9.72. The van der Waals surface area contributed by atoms with Gasteiger partial charge in [-0.25, -0.2) is 0 Å². The van der Waals surface area contributed by atoms with Gasteiger partial charge in [0, 0.05) is 25.8 Å². The van der Waals surface area contributed by atoms with Gasteiger partial charge in [-0.1, -0.05) is 43.3 Å². The molecule has 2 heteroatoms. The van der Waals surface area contributed by atoms with Crippen molar-refractivity contribution < 1.29 is 0 Å². The van der Waals surface area contributed by atoms with E-state index >= 15 is 0 Å². The van der Waals surface area contributed by atoms with Crippen LogP contribution in [0.5, 0.6) is 0 Å². The van der Waals surface area contributed by atoms with Crippen molar-refractivity contribution in [3.8, 4) is 0 Å². The summed E-state index contributed by atoms with van der Waals surface area (Å²) in [6.45, 7) is 3.80. The molecule has 0 amide bonds. The van der Waals surface area contributed by atoms with Crippen molar-refractivity contribution in [3.05, 3.63) is 65.2 Å². The summed E-state index contributed by atoms with van der Waals surface area (Å²) in [7, 11) is 2.13. The van der Waals surface area contributed by atoms with Crippen LogP contribution in [0, 0.1) is 0 Å². The molecule has 0 unspecified atom stereocenters. The predicted molar refractivity (Wildman–Crippen MR) is 87.1 cm³/mol. The summed E-state index contributed by atoms with van der Waals surface area (Å²) in [5.74, 6) is 0. The van der Waals surface area contributed by atoms with E-state index < -0.39 is 0 Å². The van der Waals surface area contributed by atoms with Crippen molar-refractivity contribution >= 4 is 5.69 Å². The highest BCUT2D eigenvalue weighted by Gasteiger charge is 2.02. The molecule has 0 aliphatic rings. The summed E-state index contributed by atoms with van der Waals surface area (Å²) in [5, 5.41) is 0. The average molecular weight is 268 g/mol. The van der Waals surface area contributed by atoms with Gasteiger partial charge in [0.1, 0.15) is 0 Å². The number of aryl methyl sites for hydroxylation is 1. The average Bonchev–Trinajstić information content (AvgIpc) is 2.53. The zero-order chi connectivity index (χ0) is 14.4. The van der Waals surface area contributed by atoms with Gasteiger partial charge in [0.05, 0.1) is 0 Å². The van der Waals surface area contributed by atoms with Gasteiger partial charge in [-0.15, -0.1) is 0 Å². The molecule has 2 nitrogen and oxygen atoms in total. The topological polar surface area (TPSA) is 29.3 Å². The van der Waals surface area contributed by atoms with E-state index in [-0.39, 0.29) is 0 Å². The Morgan fingerprint density at radius 2 is 1.65 bits per heavy atom. The maximum atomic E-state index is 5.69. The largest absolute Gasteiger partial charge is 0.374 e. The molecule has 0 aliphatic heterocycles. The van der Waals surface area contributed by atoms with Crippen molar-refractivity contribution in [1.29, 1.82) is 0 Å². The highest BCUT2D eigenvalue weighted by atomic mass is 15.1. The van der Waals surface area contributed by atoms with E-state index in [2.05, 4.69) is 67.4 Å². The fraction of sp³-hybridized carbons (Fsp3) is 0.333. The summed E-state index contributed by atoms with van der Waals surface area (Å²) in [5.41, 5.74) is 10.9. The lowest BCUT2D eigenvalue weighted by atomic mass is 10.1. The Hall–Kier alpha value is -1.80. The number of hydrogen-bond acceptors (Lipinski definition) is 2. The van der Waals surface area contributed by atoms with E-state index in [0.717, 1.165) is 19.4 Å². The molecule has 0 bridgehead atoms. The van der Waals surface area contributed by atoms with E-state index in [1.807, 2.05) is 0 Å². The second-order valence-electron chi connectivity index (χ2n) is 5.22. The predicted octanol–water partition coefficient (Wildman–Crippen LogP) is 3.39. The van der Waals surface area contributed by atoms with Crippen molar-refractivity contribution in [2.45, 2.75) is 26.3 Å². The van der Waals surface area contributed by atoms with E-state index in [1.54, 1.807) is 0 Å². The number of hydrogen-bond donors (Lipinski definition) is 1. The first kappa shape index (κ1) is 14.6. The number of nitrogens with zero attached hydrogens (tertiary/aromatic N) is 1. The molecule has 2 aromatic carbocycles. The van der Waals surface area contributed by atoms with Gasteiger partial charge < -0.3 is 10.6 Å². The number of rotatable bonds is 6. The first-order valence-corrected chi connectivity index (χ1v) is 7.31. The molecular formula is C18H24N2. The summed E-state index contributed by atoms with van der Waals surface area (Å²) in [6.07, 6.45) is 2.17. The van der Waals surface area contributed by atoms with Crippen LogP contribution in [0.1, 0.15) is 23.6 Å². The first-order valence-electron chi connectivity index (χ1n) is 7.31. The Morgan fingerprint density at radius 3 is 2.30 bits per heavy atom. The van der Waals surface area contributed by atoms with Gasteiger partial charge >= 0.3 is 0 Å². The molecule has 20 heavy (non-hydrogen) atoms. The number of nitrogens with two attached hydrogens (primary N) is 1. The Balaban J connectivity index is 1.95. The molecule has 106 valence electrons. The highest BCUT2D eigenvalue weighted by molar-refractivity contribution is 5.48. The van der Waals surface area contributed by atoms with Crippen LogP contribution in [0.15, 0.2) is 48.5 Å². The maximum Gasteiger partial charge on any atom is 0.0366 e. The molecule has 0 aliphatic carbocycles. The molecule has 0 saturated heterocycles. The molecule has 2 N–H and O–H groups in total. The SMILES string of the molecule is CCc1ccc(CCN(C)c2cccc(CN)c2)cc1. The van der Waals surface area contributed by atoms with E-state index in [1.165, 1.54) is 22.4 Å². The smallest absolute Gasteiger partial charge is 0.0366 e. The standard InChI is InChI=1S/C18H24N2/c1-3-15-7-9-16(10-8-15)11-12-20(2)18-6-4-5-17(13-18)14-19/h4-10,13H,3,11-12,14,19H2,1-2H3. The molecule has 0 saturated carbocycles. The molecule has 0 radical (unpaired) electrons. The molecule has 0 spiro atoms. The van der Waals surface area contributed by atoms with E-state index in [0.29, 0.717) is 6.54 Å². The Labute approximate surface area is 122 Å². The van der Waals surface area contributed by atoms with Crippen LogP contribution < -0.4 is 10.6 Å². The Kier molecular flexibility index (Phi) is 5.19. The third kappa shape index (κ3) is 3.84. The monoisotopic (exact) mass is 268 g/mol. The summed E-state index contributed by atoms with van der Waals surface area (Å²) >= 11 is 0. The zero-order valence-corrected chi connectivity index (χ0v) is 12.5. The third-order valence-corrected chi connectivity index (χ3v) is 3.75. The van der Waals surface area contributed by atoms with Gasteiger partial charge in [-0.05, 0) is 41.7 Å². The molecule has 0 heterocycles. The molecular weight excluding hydrogens is 244 g/mol. The lowest BCUT2D eigenvalue weighted by Crippen LogP contribution is -2.20. The van der Waals surface area contributed by atoms with Crippen LogP contribution in [0.2, 0.25) is 0 Å². The highest BCUT2D eigenvalue weighted by Crippen LogP contribution is 2.15. The molecule has 2 aromatic rings. The van der Waals surface area contributed by atoms with E-state index in [9.17, 15) is 0 Å². The Morgan fingerprint density at radius 1 is 0.950 bits per heavy atom. The van der Waals surface area contributed by atoms with Gasteiger partial charge in [0.15, 0.2) is 0 Å². The van der Waals surface area contributed by atoms with Crippen LogP contribution in [-0.2, 0) is 19.4 Å². The van der Waals surface area contributed by atoms with Crippen LogP contribution in [0.3, 0.4) is 0 Å². The van der Waals surface area contributed by atoms with Crippen LogP contribution in [-0.4, -0.2) is 13.6 Å². The molecule has 0 fully saturated rings. The van der Waals surface area contributed by atoms with Gasteiger partial charge in [0.2, 0.25) is 0 Å². The molecule has 0 atom stereocenters. The maximum absolute atomic E-state index is 5.69. The minimum absolute atomic E-state index is 0.597. The number of benzene rings is 2. The second-order valence-corrected chi connectivity index (χ2v) is 5.22. The van der Waals surface area contributed by atoms with Crippen molar-refractivity contribution in [2.24, 2.45) is 5.73 Å². The summed E-state index contributed by atoms with van der Waals surface area (Å²) in [6, 6.07) is 17.4. The van der Waals surface area contributed by atoms with Crippen molar-refractivity contribution in [3.63, 3.8) is 0 Å². The number of anilines is 1. The van der Waals surface area contributed by atoms with Crippen molar-refractivity contribution in [1.82, 2.24) is 0 Å². The minimum Gasteiger partial charge on any atom is -0.374 e. The van der Waals surface area contributed by atoms with E-state index in [4.69, 9.17) is 5.73 Å². The van der Waals surface area contributed by atoms with Gasteiger partial charge in [-0.3, -0.25) is 0 Å². The van der Waals surface area contributed by atoms with Crippen molar-refractivity contribution in [2.75, 3.05) is 18.5 Å². The van der Waals surface area contributed by atoms with Gasteiger partial charge in [-0.2, -0.15) is 0 Å². The minimum atomic E-state index is 0.597.